The number of hydrogen-bond donors (Lipinski definition) is 2. The Morgan fingerprint density at radius 3 is 2.79 bits per heavy atom. The number of aromatic nitrogens is 1. The first-order valence-corrected chi connectivity index (χ1v) is 3.88. The molecule has 1 aromatic heterocycles. The molecule has 1 heterocycles. The van der Waals surface area contributed by atoms with Gasteiger partial charge in [-0.1, -0.05) is 0 Å². The van der Waals surface area contributed by atoms with Crippen LogP contribution in [0.25, 0.3) is 0 Å². The summed E-state index contributed by atoms with van der Waals surface area (Å²) in [6.07, 6.45) is 1.30. The molecule has 0 saturated carbocycles. The van der Waals surface area contributed by atoms with E-state index >= 15 is 0 Å². The molecule has 14 heavy (non-hydrogen) atoms. The van der Waals surface area contributed by atoms with Gasteiger partial charge in [0.05, 0.1) is 7.11 Å². The largest absolute Gasteiger partial charge is 0.491 e. The summed E-state index contributed by atoms with van der Waals surface area (Å²) in [6.45, 7) is 0. The lowest BCUT2D eigenvalue weighted by molar-refractivity contribution is 0.0951. The second-order valence-electron chi connectivity index (χ2n) is 2.55. The highest BCUT2D eigenvalue weighted by Gasteiger charge is 2.16. The van der Waals surface area contributed by atoms with Crippen molar-refractivity contribution < 1.29 is 9.53 Å². The van der Waals surface area contributed by atoms with E-state index in [-0.39, 0.29) is 16.9 Å². The molecule has 1 rings (SSSR count). The topological polar surface area (TPSA) is 86.3 Å². The predicted molar refractivity (Wildman–Crippen MR) is 50.8 cm³/mol. The van der Waals surface area contributed by atoms with Crippen LogP contribution in [0.1, 0.15) is 10.5 Å². The van der Waals surface area contributed by atoms with Crippen LogP contribution in [0.3, 0.4) is 0 Å². The van der Waals surface area contributed by atoms with Gasteiger partial charge in [-0.05, 0) is 0 Å². The van der Waals surface area contributed by atoms with Crippen molar-refractivity contribution in [3.8, 4) is 5.75 Å². The van der Waals surface area contributed by atoms with Gasteiger partial charge >= 0.3 is 0 Å². The summed E-state index contributed by atoms with van der Waals surface area (Å²) in [5, 5.41) is 2.37. The minimum Gasteiger partial charge on any atom is -0.491 e. The zero-order valence-corrected chi connectivity index (χ0v) is 7.90. The molecule has 0 atom stereocenters. The lowest BCUT2D eigenvalue weighted by Gasteiger charge is -2.10. The zero-order chi connectivity index (χ0) is 10.7. The maximum Gasteiger partial charge on any atom is 0.273 e. The standard InChI is InChI=1S/C8H11N3O3/c1-10-8(13)6-7(14-2)5(12)3-4-11(6)9/h3-4H,9H2,1-2H3,(H,10,13). The Morgan fingerprint density at radius 2 is 2.29 bits per heavy atom. The van der Waals surface area contributed by atoms with E-state index in [1.807, 2.05) is 0 Å². The molecule has 3 N–H and O–H groups in total. The second-order valence-corrected chi connectivity index (χ2v) is 2.55. The van der Waals surface area contributed by atoms with E-state index in [1.54, 1.807) is 0 Å². The fourth-order valence-corrected chi connectivity index (χ4v) is 1.07. The van der Waals surface area contributed by atoms with Crippen molar-refractivity contribution in [1.82, 2.24) is 9.99 Å². The van der Waals surface area contributed by atoms with Crippen molar-refractivity contribution in [3.05, 3.63) is 28.2 Å². The average molecular weight is 197 g/mol. The first kappa shape index (κ1) is 10.1. The van der Waals surface area contributed by atoms with Crippen LogP contribution < -0.4 is 21.3 Å². The number of rotatable bonds is 2. The van der Waals surface area contributed by atoms with Crippen molar-refractivity contribution >= 4 is 5.91 Å². The van der Waals surface area contributed by atoms with Crippen LogP contribution in [-0.2, 0) is 0 Å². The quantitative estimate of drug-likeness (QED) is 0.591. The fraction of sp³-hybridized carbons (Fsp3) is 0.250. The fourth-order valence-electron chi connectivity index (χ4n) is 1.07. The van der Waals surface area contributed by atoms with Crippen LogP contribution >= 0.6 is 0 Å². The van der Waals surface area contributed by atoms with Crippen LogP contribution in [0.15, 0.2) is 17.1 Å². The van der Waals surface area contributed by atoms with Crippen LogP contribution in [0.5, 0.6) is 5.75 Å². The van der Waals surface area contributed by atoms with Gasteiger partial charge in [0.1, 0.15) is 0 Å². The zero-order valence-electron chi connectivity index (χ0n) is 7.90. The Kier molecular flexibility index (Phi) is 2.76. The van der Waals surface area contributed by atoms with Crippen LogP contribution in [-0.4, -0.2) is 24.7 Å². The maximum atomic E-state index is 11.3. The third kappa shape index (κ3) is 1.54. The molecule has 6 heteroatoms. The van der Waals surface area contributed by atoms with Gasteiger partial charge in [0.25, 0.3) is 5.91 Å². The molecule has 76 valence electrons. The number of pyridine rings is 1. The molecule has 0 radical (unpaired) electrons. The summed E-state index contributed by atoms with van der Waals surface area (Å²) in [7, 11) is 2.75. The molecule has 1 aromatic rings. The summed E-state index contributed by atoms with van der Waals surface area (Å²) >= 11 is 0. The average Bonchev–Trinajstić information content (AvgIpc) is 2.19. The Hall–Kier alpha value is -1.98. The Bertz CT molecular complexity index is 411. The number of carbonyl (C=O) groups excluding carboxylic acids is 1. The highest BCUT2D eigenvalue weighted by molar-refractivity contribution is 5.95. The molecular formula is C8H11N3O3. The molecule has 0 aliphatic rings. The second kappa shape index (κ2) is 3.82. The molecule has 6 nitrogen and oxygen atoms in total. The van der Waals surface area contributed by atoms with Crippen LogP contribution in [0.2, 0.25) is 0 Å². The molecular weight excluding hydrogens is 186 g/mol. The van der Waals surface area contributed by atoms with Crippen molar-refractivity contribution in [1.29, 1.82) is 0 Å². The summed E-state index contributed by atoms with van der Waals surface area (Å²) < 4.78 is 5.85. The van der Waals surface area contributed by atoms with Gasteiger partial charge < -0.3 is 15.9 Å². The van der Waals surface area contributed by atoms with E-state index in [9.17, 15) is 9.59 Å². The van der Waals surface area contributed by atoms with Crippen molar-refractivity contribution in [2.45, 2.75) is 0 Å². The number of ether oxygens (including phenoxy) is 1. The van der Waals surface area contributed by atoms with Gasteiger partial charge in [-0.3, -0.25) is 14.3 Å². The number of nitrogens with zero attached hydrogens (tertiary/aromatic N) is 1. The number of hydrogen-bond acceptors (Lipinski definition) is 4. The minimum atomic E-state index is -0.470. The number of nitrogens with one attached hydrogen (secondary N) is 1. The van der Waals surface area contributed by atoms with Crippen LogP contribution in [0.4, 0.5) is 0 Å². The number of methoxy groups -OCH3 is 1. The van der Waals surface area contributed by atoms with Gasteiger partial charge in [-0.25, -0.2) is 0 Å². The molecule has 0 bridgehead atoms. The third-order valence-electron chi connectivity index (χ3n) is 1.73. The van der Waals surface area contributed by atoms with E-state index < -0.39 is 5.91 Å². The van der Waals surface area contributed by atoms with Crippen molar-refractivity contribution in [2.24, 2.45) is 0 Å². The summed E-state index contributed by atoms with van der Waals surface area (Å²) in [6, 6.07) is 1.23. The molecule has 0 aromatic carbocycles. The molecule has 0 saturated heterocycles. The highest BCUT2D eigenvalue weighted by Crippen LogP contribution is 2.09. The van der Waals surface area contributed by atoms with E-state index in [2.05, 4.69) is 5.32 Å². The lowest BCUT2D eigenvalue weighted by Crippen LogP contribution is -2.29. The lowest BCUT2D eigenvalue weighted by atomic mass is 10.3. The highest BCUT2D eigenvalue weighted by atomic mass is 16.5. The molecule has 0 aliphatic carbocycles. The third-order valence-corrected chi connectivity index (χ3v) is 1.73. The maximum absolute atomic E-state index is 11.3. The van der Waals surface area contributed by atoms with Gasteiger partial charge in [-0.15, -0.1) is 0 Å². The van der Waals surface area contributed by atoms with E-state index in [4.69, 9.17) is 10.6 Å². The van der Waals surface area contributed by atoms with Gasteiger partial charge in [0.2, 0.25) is 5.43 Å². The predicted octanol–water partition coefficient (Wildman–Crippen LogP) is -1.07. The number of carbonyl (C=O) groups is 1. The molecule has 0 fully saturated rings. The molecule has 1 amide bonds. The van der Waals surface area contributed by atoms with Gasteiger partial charge in [-0.2, -0.15) is 0 Å². The Morgan fingerprint density at radius 1 is 1.64 bits per heavy atom. The van der Waals surface area contributed by atoms with E-state index in [0.29, 0.717) is 0 Å². The minimum absolute atomic E-state index is 0.00231. The first-order valence-electron chi connectivity index (χ1n) is 3.88. The normalized spacial score (nSPS) is 9.57. The van der Waals surface area contributed by atoms with Gasteiger partial charge in [0.15, 0.2) is 11.4 Å². The van der Waals surface area contributed by atoms with E-state index in [1.165, 1.54) is 26.4 Å². The Labute approximate surface area is 80.3 Å². The SMILES string of the molecule is CNC(=O)c1c(OC)c(=O)ccn1N. The number of nitrogen functional groups attached to an aromatic ring is 1. The number of amides is 1. The van der Waals surface area contributed by atoms with Crippen molar-refractivity contribution in [3.63, 3.8) is 0 Å². The smallest absolute Gasteiger partial charge is 0.273 e. The number of nitrogens with two attached hydrogens (primary N) is 1. The Balaban J connectivity index is 3.45. The molecule has 0 aliphatic heterocycles. The molecule has 0 unspecified atom stereocenters. The van der Waals surface area contributed by atoms with E-state index in [0.717, 1.165) is 4.68 Å². The summed E-state index contributed by atoms with van der Waals surface area (Å²) in [4.78, 5) is 22.6. The van der Waals surface area contributed by atoms with Crippen molar-refractivity contribution in [2.75, 3.05) is 20.0 Å². The first-order chi connectivity index (χ1) is 6.61. The van der Waals surface area contributed by atoms with Crippen LogP contribution in [0, 0.1) is 0 Å². The van der Waals surface area contributed by atoms with Gasteiger partial charge in [0, 0.05) is 19.3 Å². The molecule has 0 spiro atoms. The summed E-state index contributed by atoms with van der Waals surface area (Å²) in [5.41, 5.74) is -0.379. The summed E-state index contributed by atoms with van der Waals surface area (Å²) in [5.74, 6) is 4.95. The monoisotopic (exact) mass is 197 g/mol.